The Hall–Kier alpha value is -1.79. The van der Waals surface area contributed by atoms with Gasteiger partial charge in [-0.15, -0.1) is 0 Å². The summed E-state index contributed by atoms with van der Waals surface area (Å²) in [6.45, 7) is 12.6. The molecule has 27 heavy (non-hydrogen) atoms. The zero-order valence-corrected chi connectivity index (χ0v) is 17.5. The molecule has 1 unspecified atom stereocenters. The van der Waals surface area contributed by atoms with Gasteiger partial charge in [-0.1, -0.05) is 0 Å². The zero-order valence-electron chi connectivity index (χ0n) is 17.5. The van der Waals surface area contributed by atoms with E-state index in [0.29, 0.717) is 38.9 Å². The first-order chi connectivity index (χ1) is 12.7. The van der Waals surface area contributed by atoms with E-state index in [-0.39, 0.29) is 17.7 Å². The van der Waals surface area contributed by atoms with Crippen LogP contribution in [0.3, 0.4) is 0 Å². The van der Waals surface area contributed by atoms with Crippen molar-refractivity contribution in [1.82, 2.24) is 14.7 Å². The minimum absolute atomic E-state index is 0.000475. The summed E-state index contributed by atoms with van der Waals surface area (Å²) >= 11 is 0. The van der Waals surface area contributed by atoms with Crippen LogP contribution in [0.2, 0.25) is 0 Å². The van der Waals surface area contributed by atoms with Crippen LogP contribution < -0.4 is 0 Å². The van der Waals surface area contributed by atoms with Crippen molar-refractivity contribution < 1.29 is 19.1 Å². The van der Waals surface area contributed by atoms with E-state index in [2.05, 4.69) is 0 Å². The zero-order chi connectivity index (χ0) is 20.2. The normalized spacial score (nSPS) is 21.3. The molecule has 0 spiro atoms. The second kappa shape index (κ2) is 8.93. The molecule has 2 aliphatic heterocycles. The molecule has 0 saturated carbocycles. The summed E-state index contributed by atoms with van der Waals surface area (Å²) in [5.74, 6) is 0.190. The maximum absolute atomic E-state index is 13.0. The predicted molar refractivity (Wildman–Crippen MR) is 103 cm³/mol. The van der Waals surface area contributed by atoms with Crippen LogP contribution in [0.1, 0.15) is 60.3 Å². The van der Waals surface area contributed by atoms with E-state index < -0.39 is 17.7 Å². The van der Waals surface area contributed by atoms with Crippen molar-refractivity contribution in [3.8, 4) is 0 Å². The minimum Gasteiger partial charge on any atom is -0.444 e. The molecule has 7 nitrogen and oxygen atoms in total. The van der Waals surface area contributed by atoms with Crippen molar-refractivity contribution in [1.29, 1.82) is 0 Å². The topological polar surface area (TPSA) is 70.2 Å². The van der Waals surface area contributed by atoms with Crippen LogP contribution in [-0.4, -0.2) is 77.0 Å². The molecule has 154 valence electrons. The summed E-state index contributed by atoms with van der Waals surface area (Å²) in [4.78, 5) is 43.2. The fourth-order valence-electron chi connectivity index (χ4n) is 3.91. The van der Waals surface area contributed by atoms with E-state index >= 15 is 0 Å². The maximum atomic E-state index is 13.0. The quantitative estimate of drug-likeness (QED) is 0.750. The van der Waals surface area contributed by atoms with Gasteiger partial charge >= 0.3 is 6.09 Å². The molecule has 0 bridgehead atoms. The molecular weight excluding hydrogens is 346 g/mol. The molecule has 2 saturated heterocycles. The van der Waals surface area contributed by atoms with Crippen LogP contribution in [0.25, 0.3) is 0 Å². The molecule has 0 aromatic heterocycles. The van der Waals surface area contributed by atoms with Crippen molar-refractivity contribution in [2.45, 2.75) is 71.9 Å². The van der Waals surface area contributed by atoms with E-state index in [1.54, 1.807) is 4.90 Å². The van der Waals surface area contributed by atoms with Crippen LogP contribution in [0.15, 0.2) is 0 Å². The molecule has 3 amide bonds. The Kier molecular flexibility index (Phi) is 7.12. The summed E-state index contributed by atoms with van der Waals surface area (Å²) in [6.07, 6.45) is 2.47. The minimum atomic E-state index is -0.573. The van der Waals surface area contributed by atoms with Crippen molar-refractivity contribution >= 4 is 17.9 Å². The van der Waals surface area contributed by atoms with Crippen LogP contribution >= 0.6 is 0 Å². The van der Waals surface area contributed by atoms with E-state index in [9.17, 15) is 14.4 Å². The Balaban J connectivity index is 1.93. The van der Waals surface area contributed by atoms with Crippen LogP contribution in [0.5, 0.6) is 0 Å². The highest BCUT2D eigenvalue weighted by atomic mass is 16.6. The highest BCUT2D eigenvalue weighted by molar-refractivity contribution is 5.87. The number of likely N-dealkylation sites (tertiary alicyclic amines) is 2. The molecule has 0 aromatic carbocycles. The molecule has 0 radical (unpaired) electrons. The summed E-state index contributed by atoms with van der Waals surface area (Å²) in [5, 5.41) is 0. The lowest BCUT2D eigenvalue weighted by atomic mass is 9.94. The number of rotatable bonds is 4. The average molecular weight is 382 g/mol. The van der Waals surface area contributed by atoms with Gasteiger partial charge in [0.2, 0.25) is 11.8 Å². The molecule has 0 aromatic rings. The summed E-state index contributed by atoms with van der Waals surface area (Å²) < 4.78 is 5.46. The van der Waals surface area contributed by atoms with Gasteiger partial charge in [-0.2, -0.15) is 0 Å². The predicted octanol–water partition coefficient (Wildman–Crippen LogP) is 2.49. The van der Waals surface area contributed by atoms with Gasteiger partial charge in [-0.3, -0.25) is 14.5 Å². The Bertz CT molecular complexity index is 546. The SMILES string of the molecule is CCN(CC)C(=O)C1CCN(C(=O)C2CCCN2C(=O)OC(C)(C)C)CC1. The fraction of sp³-hybridized carbons (Fsp3) is 0.850. The number of carbonyl (C=O) groups is 3. The Morgan fingerprint density at radius 2 is 1.59 bits per heavy atom. The number of nitrogens with zero attached hydrogens (tertiary/aromatic N) is 3. The second-order valence-corrected chi connectivity index (χ2v) is 8.44. The maximum Gasteiger partial charge on any atom is 0.410 e. The molecule has 7 heteroatoms. The van der Waals surface area contributed by atoms with Gasteiger partial charge in [-0.05, 0) is 60.3 Å². The smallest absolute Gasteiger partial charge is 0.410 e. The van der Waals surface area contributed by atoms with Gasteiger partial charge in [0.25, 0.3) is 0 Å². The van der Waals surface area contributed by atoms with Crippen molar-refractivity contribution in [2.24, 2.45) is 5.92 Å². The average Bonchev–Trinajstić information content (AvgIpc) is 3.10. The lowest BCUT2D eigenvalue weighted by Crippen LogP contribution is -2.52. The monoisotopic (exact) mass is 381 g/mol. The summed E-state index contributed by atoms with van der Waals surface area (Å²) in [7, 11) is 0. The largest absolute Gasteiger partial charge is 0.444 e. The number of hydrogen-bond donors (Lipinski definition) is 0. The lowest BCUT2D eigenvalue weighted by molar-refractivity contribution is -0.142. The molecular formula is C20H35N3O4. The van der Waals surface area contributed by atoms with Crippen LogP contribution in [0.4, 0.5) is 4.79 Å². The van der Waals surface area contributed by atoms with Gasteiger partial charge in [0.1, 0.15) is 11.6 Å². The molecule has 0 N–H and O–H groups in total. The Labute approximate surface area is 163 Å². The van der Waals surface area contributed by atoms with Crippen LogP contribution in [0, 0.1) is 5.92 Å². The third-order valence-electron chi connectivity index (χ3n) is 5.40. The number of amides is 3. The van der Waals surface area contributed by atoms with Gasteiger partial charge < -0.3 is 14.5 Å². The second-order valence-electron chi connectivity index (χ2n) is 8.44. The molecule has 2 fully saturated rings. The van der Waals surface area contributed by atoms with Gasteiger partial charge in [-0.25, -0.2) is 4.79 Å². The van der Waals surface area contributed by atoms with Crippen molar-refractivity contribution in [3.63, 3.8) is 0 Å². The third-order valence-corrected chi connectivity index (χ3v) is 5.40. The first-order valence-corrected chi connectivity index (χ1v) is 10.2. The van der Waals surface area contributed by atoms with Crippen molar-refractivity contribution in [2.75, 3.05) is 32.7 Å². The molecule has 0 aliphatic carbocycles. The first kappa shape index (κ1) is 21.5. The highest BCUT2D eigenvalue weighted by Crippen LogP contribution is 2.26. The van der Waals surface area contributed by atoms with E-state index in [1.165, 1.54) is 0 Å². The molecule has 1 atom stereocenters. The summed E-state index contributed by atoms with van der Waals surface area (Å²) in [5.41, 5.74) is -0.573. The number of hydrogen-bond acceptors (Lipinski definition) is 4. The highest BCUT2D eigenvalue weighted by Gasteiger charge is 2.40. The van der Waals surface area contributed by atoms with Gasteiger partial charge in [0.15, 0.2) is 0 Å². The summed E-state index contributed by atoms with van der Waals surface area (Å²) in [6, 6.07) is -0.435. The van der Waals surface area contributed by atoms with E-state index in [4.69, 9.17) is 4.74 Å². The van der Waals surface area contributed by atoms with Gasteiger partial charge in [0.05, 0.1) is 0 Å². The van der Waals surface area contributed by atoms with E-state index in [0.717, 1.165) is 19.5 Å². The first-order valence-electron chi connectivity index (χ1n) is 10.2. The fourth-order valence-corrected chi connectivity index (χ4v) is 3.91. The Morgan fingerprint density at radius 3 is 2.11 bits per heavy atom. The molecule has 2 aliphatic rings. The number of piperidine rings is 1. The standard InChI is InChI=1S/C20H35N3O4/c1-6-21(7-2)17(24)15-10-13-22(14-11-15)18(25)16-9-8-12-23(16)19(26)27-20(3,4)5/h15-16H,6-14H2,1-5H3. The molecule has 2 heterocycles. The Morgan fingerprint density at radius 1 is 1.00 bits per heavy atom. The van der Waals surface area contributed by atoms with E-state index in [1.807, 2.05) is 44.4 Å². The number of carbonyl (C=O) groups excluding carboxylic acids is 3. The van der Waals surface area contributed by atoms with Crippen LogP contribution in [-0.2, 0) is 14.3 Å². The molecule has 2 rings (SSSR count). The van der Waals surface area contributed by atoms with Gasteiger partial charge in [0, 0.05) is 38.6 Å². The van der Waals surface area contributed by atoms with Crippen molar-refractivity contribution in [3.05, 3.63) is 0 Å². The third kappa shape index (κ3) is 5.36. The lowest BCUT2D eigenvalue weighted by Gasteiger charge is -2.36. The number of ether oxygens (including phenoxy) is 1.